The van der Waals surface area contributed by atoms with Crippen LogP contribution in [0.1, 0.15) is 12.5 Å². The molecule has 1 aliphatic heterocycles. The molecular weight excluding hydrogens is 306 g/mol. The van der Waals surface area contributed by atoms with Gasteiger partial charge in [-0.05, 0) is 24.6 Å². The van der Waals surface area contributed by atoms with E-state index in [4.69, 9.17) is 21.1 Å². The first kappa shape index (κ1) is 14.9. The van der Waals surface area contributed by atoms with Crippen molar-refractivity contribution in [3.63, 3.8) is 0 Å². The predicted octanol–water partition coefficient (Wildman–Crippen LogP) is 1.12. The Morgan fingerprint density at radius 2 is 2.15 bits per heavy atom. The van der Waals surface area contributed by atoms with Gasteiger partial charge in [0.05, 0.1) is 10.8 Å². The second kappa shape index (κ2) is 5.49. The van der Waals surface area contributed by atoms with Crippen molar-refractivity contribution in [2.24, 2.45) is 0 Å². The third kappa shape index (κ3) is 2.83. The molecule has 0 spiro atoms. The second-order valence-electron chi connectivity index (χ2n) is 4.38. The number of carbonyl (C=O) groups is 1. The van der Waals surface area contributed by atoms with Gasteiger partial charge in [0.15, 0.2) is 21.3 Å². The lowest BCUT2D eigenvalue weighted by Gasteiger charge is -2.12. The molecule has 1 aromatic carbocycles. The van der Waals surface area contributed by atoms with Gasteiger partial charge in [-0.15, -0.1) is 0 Å². The number of hydrogen-bond acceptors (Lipinski definition) is 5. The molecule has 0 bridgehead atoms. The minimum Gasteiger partial charge on any atom is -0.454 e. The third-order valence-electron chi connectivity index (χ3n) is 3.01. The number of sulfone groups is 1. The maximum Gasteiger partial charge on any atom is 0.237 e. The van der Waals surface area contributed by atoms with Gasteiger partial charge in [0.2, 0.25) is 12.7 Å². The van der Waals surface area contributed by atoms with Crippen molar-refractivity contribution in [2.75, 3.05) is 13.8 Å². The number of rotatable bonds is 4. The van der Waals surface area contributed by atoms with E-state index >= 15 is 0 Å². The lowest BCUT2D eigenvalue weighted by Crippen LogP contribution is -2.36. The number of hydrogen-bond donors (Lipinski definition) is 1. The SMILES string of the molecule is CNC(=O)C(C)S(=O)(=O)Cc1cc(Cl)c2c(c1)OCO2. The fraction of sp³-hybridized carbons (Fsp3) is 0.417. The summed E-state index contributed by atoms with van der Waals surface area (Å²) in [6, 6.07) is 3.06. The van der Waals surface area contributed by atoms with Gasteiger partial charge in [0.1, 0.15) is 5.25 Å². The van der Waals surface area contributed by atoms with Crippen LogP contribution in [-0.4, -0.2) is 33.4 Å². The third-order valence-corrected chi connectivity index (χ3v) is 5.32. The van der Waals surface area contributed by atoms with Gasteiger partial charge in [-0.3, -0.25) is 4.79 Å². The van der Waals surface area contributed by atoms with Crippen LogP contribution in [0.25, 0.3) is 0 Å². The Kier molecular flexibility index (Phi) is 4.10. The molecule has 6 nitrogen and oxygen atoms in total. The van der Waals surface area contributed by atoms with Gasteiger partial charge in [0, 0.05) is 7.05 Å². The largest absolute Gasteiger partial charge is 0.454 e. The molecule has 110 valence electrons. The van der Waals surface area contributed by atoms with Gasteiger partial charge in [-0.25, -0.2) is 8.42 Å². The quantitative estimate of drug-likeness (QED) is 0.899. The normalized spacial score (nSPS) is 14.9. The van der Waals surface area contributed by atoms with E-state index in [1.807, 2.05) is 0 Å². The molecule has 0 aliphatic carbocycles. The van der Waals surface area contributed by atoms with Crippen LogP contribution >= 0.6 is 11.6 Å². The van der Waals surface area contributed by atoms with Crippen LogP contribution in [0.3, 0.4) is 0 Å². The fourth-order valence-electron chi connectivity index (χ4n) is 1.83. The topological polar surface area (TPSA) is 81.7 Å². The summed E-state index contributed by atoms with van der Waals surface area (Å²) in [5, 5.41) is 1.48. The smallest absolute Gasteiger partial charge is 0.237 e. The summed E-state index contributed by atoms with van der Waals surface area (Å²) in [6.07, 6.45) is 0. The monoisotopic (exact) mass is 319 g/mol. The number of nitrogens with one attached hydrogen (secondary N) is 1. The average molecular weight is 320 g/mol. The maximum atomic E-state index is 12.1. The second-order valence-corrected chi connectivity index (χ2v) is 7.10. The first-order chi connectivity index (χ1) is 9.35. The molecule has 0 radical (unpaired) electrons. The molecule has 1 N–H and O–H groups in total. The molecule has 8 heteroatoms. The van der Waals surface area contributed by atoms with E-state index in [0.29, 0.717) is 17.1 Å². The molecule has 1 amide bonds. The molecule has 0 saturated carbocycles. The number of amides is 1. The van der Waals surface area contributed by atoms with Crippen LogP contribution in [0.5, 0.6) is 11.5 Å². The van der Waals surface area contributed by atoms with E-state index in [2.05, 4.69) is 5.32 Å². The summed E-state index contributed by atoms with van der Waals surface area (Å²) in [7, 11) is -2.23. The molecule has 1 heterocycles. The molecule has 2 rings (SSSR count). The van der Waals surface area contributed by atoms with Crippen molar-refractivity contribution in [3.8, 4) is 11.5 Å². The van der Waals surface area contributed by atoms with Gasteiger partial charge in [-0.2, -0.15) is 0 Å². The maximum absolute atomic E-state index is 12.1. The van der Waals surface area contributed by atoms with Crippen LogP contribution in [0.15, 0.2) is 12.1 Å². The highest BCUT2D eigenvalue weighted by molar-refractivity contribution is 7.92. The van der Waals surface area contributed by atoms with E-state index in [-0.39, 0.29) is 17.6 Å². The zero-order chi connectivity index (χ0) is 14.9. The van der Waals surface area contributed by atoms with Gasteiger partial charge >= 0.3 is 0 Å². The molecule has 1 aromatic rings. The number of ether oxygens (including phenoxy) is 2. The Labute approximate surface area is 121 Å². The molecule has 1 atom stereocenters. The lowest BCUT2D eigenvalue weighted by molar-refractivity contribution is -0.119. The number of benzene rings is 1. The molecular formula is C12H14ClNO5S. The molecule has 1 aliphatic rings. The zero-order valence-electron chi connectivity index (χ0n) is 11.0. The van der Waals surface area contributed by atoms with Gasteiger partial charge < -0.3 is 14.8 Å². The highest BCUT2D eigenvalue weighted by atomic mass is 35.5. The molecule has 0 saturated heterocycles. The van der Waals surface area contributed by atoms with Crippen LogP contribution in [0, 0.1) is 0 Å². The van der Waals surface area contributed by atoms with E-state index in [1.54, 1.807) is 6.07 Å². The standard InChI is InChI=1S/C12H14ClNO5S/c1-7(12(15)14-2)20(16,17)5-8-3-9(13)11-10(4-8)18-6-19-11/h3-4,7H,5-6H2,1-2H3,(H,14,15). The van der Waals surface area contributed by atoms with Crippen molar-refractivity contribution >= 4 is 27.3 Å². The molecule has 0 fully saturated rings. The van der Waals surface area contributed by atoms with Crippen molar-refractivity contribution in [1.82, 2.24) is 5.32 Å². The molecule has 0 aromatic heterocycles. The lowest BCUT2D eigenvalue weighted by atomic mass is 10.2. The minimum atomic E-state index is -3.63. The first-order valence-electron chi connectivity index (χ1n) is 5.86. The number of halogens is 1. The van der Waals surface area contributed by atoms with E-state index in [1.165, 1.54) is 20.0 Å². The zero-order valence-corrected chi connectivity index (χ0v) is 12.5. The average Bonchev–Trinajstić information content (AvgIpc) is 2.85. The fourth-order valence-corrected chi connectivity index (χ4v) is 3.44. The summed E-state index contributed by atoms with van der Waals surface area (Å²) in [4.78, 5) is 11.4. The molecule has 20 heavy (non-hydrogen) atoms. The van der Waals surface area contributed by atoms with E-state index in [0.717, 1.165) is 0 Å². The summed E-state index contributed by atoms with van der Waals surface area (Å²) in [5.41, 5.74) is 0.454. The van der Waals surface area contributed by atoms with Crippen molar-refractivity contribution in [1.29, 1.82) is 0 Å². The van der Waals surface area contributed by atoms with E-state index in [9.17, 15) is 13.2 Å². The first-order valence-corrected chi connectivity index (χ1v) is 7.95. The summed E-state index contributed by atoms with van der Waals surface area (Å²) >= 11 is 5.99. The van der Waals surface area contributed by atoms with Gasteiger partial charge in [0.25, 0.3) is 0 Å². The highest BCUT2D eigenvalue weighted by Gasteiger charge is 2.28. The van der Waals surface area contributed by atoms with E-state index < -0.39 is 21.0 Å². The Morgan fingerprint density at radius 3 is 2.80 bits per heavy atom. The van der Waals surface area contributed by atoms with Crippen LogP contribution < -0.4 is 14.8 Å². The van der Waals surface area contributed by atoms with Crippen molar-refractivity contribution < 1.29 is 22.7 Å². The van der Waals surface area contributed by atoms with Gasteiger partial charge in [-0.1, -0.05) is 11.6 Å². The van der Waals surface area contributed by atoms with Crippen molar-refractivity contribution in [2.45, 2.75) is 17.9 Å². The number of carbonyl (C=O) groups excluding carboxylic acids is 1. The Hall–Kier alpha value is -1.47. The summed E-state index contributed by atoms with van der Waals surface area (Å²) in [6.45, 7) is 1.41. The van der Waals surface area contributed by atoms with Crippen LogP contribution in [0.4, 0.5) is 0 Å². The summed E-state index contributed by atoms with van der Waals surface area (Å²) in [5.74, 6) is -0.0166. The Bertz CT molecular complexity index is 643. The Morgan fingerprint density at radius 1 is 1.45 bits per heavy atom. The van der Waals surface area contributed by atoms with Crippen molar-refractivity contribution in [3.05, 3.63) is 22.7 Å². The summed E-state index contributed by atoms with van der Waals surface area (Å²) < 4.78 is 34.6. The van der Waals surface area contributed by atoms with Crippen LogP contribution in [0.2, 0.25) is 5.02 Å². The predicted molar refractivity (Wildman–Crippen MR) is 73.7 cm³/mol. The minimum absolute atomic E-state index is 0.0555. The Balaban J connectivity index is 2.26. The number of fused-ring (bicyclic) bond motifs is 1. The molecule has 1 unspecified atom stereocenters. The highest BCUT2D eigenvalue weighted by Crippen LogP contribution is 2.40. The van der Waals surface area contributed by atoms with Crippen LogP contribution in [-0.2, 0) is 20.4 Å².